The van der Waals surface area contributed by atoms with E-state index in [9.17, 15) is 27.7 Å². The van der Waals surface area contributed by atoms with E-state index in [0.29, 0.717) is 31.7 Å². The molecule has 6 nitrogen and oxygen atoms in total. The van der Waals surface area contributed by atoms with Crippen molar-refractivity contribution >= 4 is 5.69 Å². The van der Waals surface area contributed by atoms with Crippen LogP contribution in [0.3, 0.4) is 0 Å². The van der Waals surface area contributed by atoms with Crippen LogP contribution in [-0.4, -0.2) is 42.4 Å². The van der Waals surface area contributed by atoms with Gasteiger partial charge < -0.3 is 10.1 Å². The third-order valence-corrected chi connectivity index (χ3v) is 4.43. The lowest BCUT2D eigenvalue weighted by Crippen LogP contribution is -2.45. The minimum absolute atomic E-state index is 0.149. The van der Waals surface area contributed by atoms with Crippen LogP contribution in [0.5, 0.6) is 5.75 Å². The molecule has 1 atom stereocenters. The summed E-state index contributed by atoms with van der Waals surface area (Å²) < 4.78 is 54.9. The zero-order valence-electron chi connectivity index (χ0n) is 14.6. The van der Waals surface area contributed by atoms with Crippen LogP contribution in [-0.2, 0) is 0 Å². The summed E-state index contributed by atoms with van der Waals surface area (Å²) in [5.41, 5.74) is 0.405. The second-order valence-corrected chi connectivity index (χ2v) is 6.27. The first-order valence-electron chi connectivity index (χ1n) is 8.49. The molecule has 0 saturated carbocycles. The van der Waals surface area contributed by atoms with Gasteiger partial charge in [-0.3, -0.25) is 15.0 Å². The van der Waals surface area contributed by atoms with Gasteiger partial charge in [0.1, 0.15) is 11.6 Å². The lowest BCUT2D eigenvalue weighted by Gasteiger charge is -2.35. The van der Waals surface area contributed by atoms with Crippen molar-refractivity contribution in [2.45, 2.75) is 12.4 Å². The molecule has 3 rings (SSSR count). The molecular weight excluding hydrogens is 382 g/mol. The Bertz CT molecular complexity index is 837. The predicted molar refractivity (Wildman–Crippen MR) is 92.5 cm³/mol. The molecule has 2 aromatic carbocycles. The Morgan fingerprint density at radius 1 is 1.11 bits per heavy atom. The highest BCUT2D eigenvalue weighted by Crippen LogP contribution is 2.36. The molecule has 0 radical (unpaired) electrons. The molecule has 1 fully saturated rings. The molecule has 0 aliphatic carbocycles. The predicted octanol–water partition coefficient (Wildman–Crippen LogP) is 3.63. The van der Waals surface area contributed by atoms with Crippen LogP contribution in [0.15, 0.2) is 42.5 Å². The Morgan fingerprint density at radius 2 is 1.75 bits per heavy atom. The van der Waals surface area contributed by atoms with E-state index in [1.807, 2.05) is 4.90 Å². The van der Waals surface area contributed by atoms with Crippen molar-refractivity contribution in [1.29, 1.82) is 0 Å². The van der Waals surface area contributed by atoms with E-state index in [2.05, 4.69) is 10.1 Å². The summed E-state index contributed by atoms with van der Waals surface area (Å²) >= 11 is 0. The molecule has 0 unspecified atom stereocenters. The number of piperazine rings is 1. The van der Waals surface area contributed by atoms with E-state index in [4.69, 9.17) is 0 Å². The van der Waals surface area contributed by atoms with E-state index >= 15 is 0 Å². The minimum atomic E-state index is -4.82. The van der Waals surface area contributed by atoms with Crippen LogP contribution in [0, 0.1) is 15.9 Å². The summed E-state index contributed by atoms with van der Waals surface area (Å²) in [6.45, 7) is 2.35. The largest absolute Gasteiger partial charge is 0.573 e. The monoisotopic (exact) mass is 399 g/mol. The highest BCUT2D eigenvalue weighted by molar-refractivity contribution is 5.47. The van der Waals surface area contributed by atoms with Crippen molar-refractivity contribution in [1.82, 2.24) is 10.2 Å². The van der Waals surface area contributed by atoms with Gasteiger partial charge in [-0.2, -0.15) is 0 Å². The second kappa shape index (κ2) is 8.11. The number of nitro benzene ring substituents is 1. The molecule has 1 aliphatic rings. The van der Waals surface area contributed by atoms with Gasteiger partial charge in [0, 0.05) is 32.2 Å². The van der Waals surface area contributed by atoms with Crippen LogP contribution in [0.4, 0.5) is 23.2 Å². The number of alkyl halides is 3. The van der Waals surface area contributed by atoms with Crippen LogP contribution in [0.1, 0.15) is 17.2 Å². The third kappa shape index (κ3) is 4.76. The molecule has 0 aromatic heterocycles. The molecule has 28 heavy (non-hydrogen) atoms. The van der Waals surface area contributed by atoms with Crippen LogP contribution >= 0.6 is 0 Å². The average molecular weight is 399 g/mol. The summed E-state index contributed by atoms with van der Waals surface area (Å²) in [4.78, 5) is 12.8. The maximum atomic E-state index is 13.9. The van der Waals surface area contributed by atoms with E-state index in [1.54, 1.807) is 0 Å². The second-order valence-electron chi connectivity index (χ2n) is 6.27. The van der Waals surface area contributed by atoms with Crippen molar-refractivity contribution in [2.24, 2.45) is 0 Å². The van der Waals surface area contributed by atoms with Gasteiger partial charge in [-0.15, -0.1) is 13.2 Å². The Labute approximate surface area is 157 Å². The summed E-state index contributed by atoms with van der Waals surface area (Å²) in [6, 6.07) is 7.62. The van der Waals surface area contributed by atoms with E-state index < -0.39 is 28.9 Å². The maximum Gasteiger partial charge on any atom is 0.573 e. The smallest absolute Gasteiger partial charge is 0.406 e. The molecule has 0 spiro atoms. The zero-order valence-corrected chi connectivity index (χ0v) is 14.6. The number of nitro groups is 1. The maximum absolute atomic E-state index is 13.9. The highest BCUT2D eigenvalue weighted by atomic mass is 19.4. The van der Waals surface area contributed by atoms with Crippen LogP contribution < -0.4 is 10.1 Å². The topological polar surface area (TPSA) is 67.6 Å². The number of hydrogen-bond donors (Lipinski definition) is 1. The van der Waals surface area contributed by atoms with E-state index in [0.717, 1.165) is 30.3 Å². The standard InChI is InChI=1S/C18H17F4N3O3/c19-13-3-6-16(25(26)27)15(11-13)17(24-9-7-23-8-10-24)12-1-4-14(5-2-12)28-18(20,21)22/h1-6,11,17,23H,7-10H2/t17-/m1/s1. The first kappa shape index (κ1) is 20.0. The summed E-state index contributed by atoms with van der Waals surface area (Å²) in [5.74, 6) is -1.03. The van der Waals surface area contributed by atoms with E-state index in [1.165, 1.54) is 12.1 Å². The molecule has 1 heterocycles. The zero-order chi connectivity index (χ0) is 20.3. The minimum Gasteiger partial charge on any atom is -0.406 e. The van der Waals surface area contributed by atoms with Gasteiger partial charge in [0.25, 0.3) is 5.69 Å². The Kier molecular flexibility index (Phi) is 5.80. The van der Waals surface area contributed by atoms with Crippen molar-refractivity contribution in [2.75, 3.05) is 26.2 Å². The van der Waals surface area contributed by atoms with Gasteiger partial charge in [-0.1, -0.05) is 12.1 Å². The third-order valence-electron chi connectivity index (χ3n) is 4.43. The molecular formula is C18H17F4N3O3. The number of benzene rings is 2. The number of halogens is 4. The first-order valence-corrected chi connectivity index (χ1v) is 8.49. The molecule has 2 aromatic rings. The summed E-state index contributed by atoms with van der Waals surface area (Å²) in [6.07, 6.45) is -4.82. The lowest BCUT2D eigenvalue weighted by atomic mass is 9.94. The lowest BCUT2D eigenvalue weighted by molar-refractivity contribution is -0.386. The van der Waals surface area contributed by atoms with Gasteiger partial charge in [0.05, 0.1) is 16.5 Å². The fourth-order valence-corrected chi connectivity index (χ4v) is 3.29. The van der Waals surface area contributed by atoms with Gasteiger partial charge in [-0.25, -0.2) is 4.39 Å². The van der Waals surface area contributed by atoms with Gasteiger partial charge in [0.2, 0.25) is 0 Å². The Hall–Kier alpha value is -2.72. The number of nitrogens with zero attached hydrogens (tertiary/aromatic N) is 2. The molecule has 1 aliphatic heterocycles. The van der Waals surface area contributed by atoms with Crippen LogP contribution in [0.25, 0.3) is 0 Å². The highest BCUT2D eigenvalue weighted by Gasteiger charge is 2.32. The van der Waals surface area contributed by atoms with Gasteiger partial charge in [-0.05, 0) is 29.8 Å². The van der Waals surface area contributed by atoms with Crippen molar-refractivity contribution in [3.8, 4) is 5.75 Å². The molecule has 1 saturated heterocycles. The molecule has 10 heteroatoms. The fourth-order valence-electron chi connectivity index (χ4n) is 3.29. The quantitative estimate of drug-likeness (QED) is 0.473. The Balaban J connectivity index is 2.03. The van der Waals surface area contributed by atoms with Gasteiger partial charge >= 0.3 is 6.36 Å². The van der Waals surface area contributed by atoms with Crippen molar-refractivity contribution < 1.29 is 27.2 Å². The van der Waals surface area contributed by atoms with E-state index in [-0.39, 0.29) is 11.3 Å². The van der Waals surface area contributed by atoms with Crippen molar-refractivity contribution in [3.05, 3.63) is 69.5 Å². The average Bonchev–Trinajstić information content (AvgIpc) is 2.63. The van der Waals surface area contributed by atoms with Crippen molar-refractivity contribution in [3.63, 3.8) is 0 Å². The Morgan fingerprint density at radius 3 is 2.32 bits per heavy atom. The number of ether oxygens (including phenoxy) is 1. The van der Waals surface area contributed by atoms with Gasteiger partial charge in [0.15, 0.2) is 0 Å². The number of rotatable bonds is 5. The molecule has 1 N–H and O–H groups in total. The number of hydrogen-bond acceptors (Lipinski definition) is 5. The fraction of sp³-hybridized carbons (Fsp3) is 0.333. The van der Waals surface area contributed by atoms with Crippen LogP contribution in [0.2, 0.25) is 0 Å². The SMILES string of the molecule is O=[N+]([O-])c1ccc(F)cc1[C@@H](c1ccc(OC(F)(F)F)cc1)N1CCNCC1. The normalized spacial score (nSPS) is 16.6. The number of nitrogens with one attached hydrogen (secondary N) is 1. The molecule has 0 amide bonds. The molecule has 150 valence electrons. The summed E-state index contributed by atoms with van der Waals surface area (Å²) in [5, 5.41) is 14.6. The molecule has 0 bridgehead atoms. The first-order chi connectivity index (χ1) is 13.2. The summed E-state index contributed by atoms with van der Waals surface area (Å²) in [7, 11) is 0.